The highest BCUT2D eigenvalue weighted by Gasteiger charge is 2.16. The molecule has 2 rings (SSSR count). The van der Waals surface area contributed by atoms with Crippen molar-refractivity contribution < 1.29 is 17.9 Å². The SMILES string of the molecule is CC(C)C(=O)Oc1ccc2nc(S(N)(=O)=O)sc2c1. The summed E-state index contributed by atoms with van der Waals surface area (Å²) < 4.78 is 28.0. The Morgan fingerprint density at radius 3 is 2.68 bits per heavy atom. The third-order valence-electron chi connectivity index (χ3n) is 2.27. The molecule has 2 aromatic rings. The number of nitrogens with zero attached hydrogens (tertiary/aromatic N) is 1. The first-order valence-corrected chi connectivity index (χ1v) is 7.79. The lowest BCUT2D eigenvalue weighted by molar-refractivity contribution is -0.137. The van der Waals surface area contributed by atoms with Crippen LogP contribution in [0, 0.1) is 5.92 Å². The second-order valence-electron chi connectivity index (χ2n) is 4.23. The van der Waals surface area contributed by atoms with Crippen LogP contribution >= 0.6 is 11.3 Å². The van der Waals surface area contributed by atoms with Crippen LogP contribution in [0.25, 0.3) is 10.2 Å². The summed E-state index contributed by atoms with van der Waals surface area (Å²) >= 11 is 0.938. The highest BCUT2D eigenvalue weighted by Crippen LogP contribution is 2.28. The summed E-state index contributed by atoms with van der Waals surface area (Å²) in [5.41, 5.74) is 0.498. The Morgan fingerprint density at radius 1 is 1.42 bits per heavy atom. The molecule has 0 atom stereocenters. The van der Waals surface area contributed by atoms with Gasteiger partial charge in [-0.05, 0) is 12.1 Å². The minimum absolute atomic E-state index is 0.158. The number of hydrogen-bond donors (Lipinski definition) is 1. The molecule has 0 saturated heterocycles. The van der Waals surface area contributed by atoms with Gasteiger partial charge in [0, 0.05) is 6.07 Å². The third-order valence-corrected chi connectivity index (χ3v) is 4.61. The van der Waals surface area contributed by atoms with E-state index >= 15 is 0 Å². The molecule has 6 nitrogen and oxygen atoms in total. The number of esters is 1. The van der Waals surface area contributed by atoms with Crippen molar-refractivity contribution in [1.29, 1.82) is 0 Å². The van der Waals surface area contributed by atoms with Gasteiger partial charge in [0.25, 0.3) is 10.0 Å². The number of thiazole rings is 1. The first-order valence-electron chi connectivity index (χ1n) is 5.42. The van der Waals surface area contributed by atoms with Crippen molar-refractivity contribution in [3.8, 4) is 5.75 Å². The van der Waals surface area contributed by atoms with Crippen molar-refractivity contribution in [1.82, 2.24) is 4.98 Å². The number of carbonyl (C=O) groups is 1. The molecule has 0 aliphatic heterocycles. The fourth-order valence-electron chi connectivity index (χ4n) is 1.30. The summed E-state index contributed by atoms with van der Waals surface area (Å²) in [5, 5.41) is 5.01. The molecule has 0 bridgehead atoms. The molecular weight excluding hydrogens is 288 g/mol. The van der Waals surface area contributed by atoms with Crippen LogP contribution < -0.4 is 9.88 Å². The van der Waals surface area contributed by atoms with Crippen LogP contribution in [0.4, 0.5) is 0 Å². The Bertz CT molecular complexity index is 734. The number of carbonyl (C=O) groups excluding carboxylic acids is 1. The molecule has 0 aliphatic rings. The number of ether oxygens (including phenoxy) is 1. The van der Waals surface area contributed by atoms with Gasteiger partial charge in [0.05, 0.1) is 16.1 Å². The molecule has 8 heteroatoms. The summed E-state index contributed by atoms with van der Waals surface area (Å²) in [5.74, 6) is -0.233. The zero-order valence-corrected chi connectivity index (χ0v) is 11.9. The van der Waals surface area contributed by atoms with E-state index in [2.05, 4.69) is 4.98 Å². The van der Waals surface area contributed by atoms with Gasteiger partial charge in [-0.15, -0.1) is 11.3 Å². The van der Waals surface area contributed by atoms with Gasteiger partial charge >= 0.3 is 5.97 Å². The zero-order chi connectivity index (χ0) is 14.2. The maximum atomic E-state index is 11.5. The maximum absolute atomic E-state index is 11.5. The molecular formula is C11H12N2O4S2. The smallest absolute Gasteiger partial charge is 0.313 e. The second-order valence-corrected chi connectivity index (χ2v) is 7.00. The molecule has 0 aliphatic carbocycles. The van der Waals surface area contributed by atoms with Crippen LogP contribution in [-0.2, 0) is 14.8 Å². The number of aromatic nitrogens is 1. The van der Waals surface area contributed by atoms with E-state index in [4.69, 9.17) is 9.88 Å². The molecule has 1 aromatic carbocycles. The van der Waals surface area contributed by atoms with Gasteiger partial charge < -0.3 is 4.74 Å². The molecule has 0 saturated carbocycles. The topological polar surface area (TPSA) is 99.3 Å². The van der Waals surface area contributed by atoms with Crippen LogP contribution in [-0.4, -0.2) is 19.4 Å². The maximum Gasteiger partial charge on any atom is 0.313 e. The van der Waals surface area contributed by atoms with E-state index in [1.54, 1.807) is 32.0 Å². The quantitative estimate of drug-likeness (QED) is 0.684. The van der Waals surface area contributed by atoms with E-state index in [-0.39, 0.29) is 16.2 Å². The molecule has 0 fully saturated rings. The van der Waals surface area contributed by atoms with E-state index in [9.17, 15) is 13.2 Å². The van der Waals surface area contributed by atoms with Crippen LogP contribution in [0.2, 0.25) is 0 Å². The monoisotopic (exact) mass is 300 g/mol. The first-order chi connectivity index (χ1) is 8.77. The Labute approximate surface area is 114 Å². The van der Waals surface area contributed by atoms with Gasteiger partial charge in [0.1, 0.15) is 5.75 Å². The number of primary sulfonamides is 1. The highest BCUT2D eigenvalue weighted by atomic mass is 32.2. The van der Waals surface area contributed by atoms with Crippen molar-refractivity contribution in [3.63, 3.8) is 0 Å². The zero-order valence-electron chi connectivity index (χ0n) is 10.3. The van der Waals surface area contributed by atoms with Crippen LogP contribution in [0.15, 0.2) is 22.5 Å². The molecule has 0 amide bonds. The molecule has 1 heterocycles. The van der Waals surface area contributed by atoms with E-state index < -0.39 is 10.0 Å². The molecule has 1 aromatic heterocycles. The first kappa shape index (κ1) is 13.9. The van der Waals surface area contributed by atoms with Crippen molar-refractivity contribution in [2.24, 2.45) is 11.1 Å². The Morgan fingerprint density at radius 2 is 2.11 bits per heavy atom. The molecule has 0 radical (unpaired) electrons. The summed E-state index contributed by atoms with van der Waals surface area (Å²) in [6, 6.07) is 4.72. The average Bonchev–Trinajstić information content (AvgIpc) is 2.71. The van der Waals surface area contributed by atoms with E-state index in [1.165, 1.54) is 0 Å². The van der Waals surface area contributed by atoms with Gasteiger partial charge in [-0.2, -0.15) is 0 Å². The second kappa shape index (κ2) is 4.87. The normalized spacial score (nSPS) is 12.0. The lowest BCUT2D eigenvalue weighted by atomic mass is 10.2. The molecule has 0 spiro atoms. The third kappa shape index (κ3) is 3.09. The van der Waals surface area contributed by atoms with Crippen molar-refractivity contribution in [2.75, 3.05) is 0 Å². The van der Waals surface area contributed by atoms with Crippen LogP contribution in [0.1, 0.15) is 13.8 Å². The number of benzene rings is 1. The minimum Gasteiger partial charge on any atom is -0.426 e. The number of sulfonamides is 1. The van der Waals surface area contributed by atoms with E-state index in [0.717, 1.165) is 11.3 Å². The standard InChI is InChI=1S/C11H12N2O4S2/c1-6(2)10(14)17-7-3-4-8-9(5-7)18-11(13-8)19(12,15)16/h3-6H,1-2H3,(H2,12,15,16). The van der Waals surface area contributed by atoms with Crippen molar-refractivity contribution in [2.45, 2.75) is 18.2 Å². The van der Waals surface area contributed by atoms with E-state index in [0.29, 0.717) is 16.0 Å². The van der Waals surface area contributed by atoms with Gasteiger partial charge in [0.15, 0.2) is 0 Å². The highest BCUT2D eigenvalue weighted by molar-refractivity contribution is 7.91. The lowest BCUT2D eigenvalue weighted by Gasteiger charge is -2.05. The summed E-state index contributed by atoms with van der Waals surface area (Å²) in [6.07, 6.45) is 0. The summed E-state index contributed by atoms with van der Waals surface area (Å²) in [6.45, 7) is 3.46. The van der Waals surface area contributed by atoms with Gasteiger partial charge in [-0.3, -0.25) is 4.79 Å². The molecule has 0 unspecified atom stereocenters. The molecule has 102 valence electrons. The van der Waals surface area contributed by atoms with Crippen molar-refractivity contribution in [3.05, 3.63) is 18.2 Å². The predicted molar refractivity (Wildman–Crippen MR) is 71.5 cm³/mol. The molecule has 19 heavy (non-hydrogen) atoms. The number of rotatable bonds is 3. The Balaban J connectivity index is 2.38. The Kier molecular flexibility index (Phi) is 3.57. The number of fused-ring (bicyclic) bond motifs is 1. The van der Waals surface area contributed by atoms with Gasteiger partial charge in [-0.1, -0.05) is 13.8 Å². The van der Waals surface area contributed by atoms with Crippen molar-refractivity contribution >= 4 is 37.5 Å². The van der Waals surface area contributed by atoms with Gasteiger partial charge in [0.2, 0.25) is 4.34 Å². The minimum atomic E-state index is -3.81. The fourth-order valence-corrected chi connectivity index (χ4v) is 2.99. The van der Waals surface area contributed by atoms with Crippen LogP contribution in [0.3, 0.4) is 0 Å². The fraction of sp³-hybridized carbons (Fsp3) is 0.273. The molecule has 2 N–H and O–H groups in total. The lowest BCUT2D eigenvalue weighted by Crippen LogP contribution is -2.14. The largest absolute Gasteiger partial charge is 0.426 e. The predicted octanol–water partition coefficient (Wildman–Crippen LogP) is 1.51. The number of hydrogen-bond acceptors (Lipinski definition) is 6. The van der Waals surface area contributed by atoms with E-state index in [1.807, 2.05) is 0 Å². The van der Waals surface area contributed by atoms with Gasteiger partial charge in [-0.25, -0.2) is 18.5 Å². The average molecular weight is 300 g/mol. The van der Waals surface area contributed by atoms with Crippen LogP contribution in [0.5, 0.6) is 5.75 Å². The summed E-state index contributed by atoms with van der Waals surface area (Å²) in [7, 11) is -3.81. The number of nitrogens with two attached hydrogens (primary N) is 1. The Hall–Kier alpha value is -1.51. The summed E-state index contributed by atoms with van der Waals surface area (Å²) in [4.78, 5) is 15.4.